The van der Waals surface area contributed by atoms with Gasteiger partial charge in [-0.3, -0.25) is 9.69 Å². The topological polar surface area (TPSA) is 38.8 Å². The molecule has 0 N–H and O–H groups in total. The lowest BCUT2D eigenvalue weighted by atomic mass is 9.99. The Morgan fingerprint density at radius 2 is 1.61 bits per heavy atom. The molecule has 0 bridgehead atoms. The van der Waals surface area contributed by atoms with Crippen LogP contribution in [-0.4, -0.2) is 17.4 Å². The van der Waals surface area contributed by atoms with Gasteiger partial charge in [0.05, 0.1) is 0 Å². The Kier molecular flexibility index (Phi) is 7.94. The van der Waals surface area contributed by atoms with Gasteiger partial charge < -0.3 is 9.47 Å². The molecule has 0 spiro atoms. The summed E-state index contributed by atoms with van der Waals surface area (Å²) in [6.45, 7) is 5.52. The average Bonchev–Trinajstić information content (AvgIpc) is 2.85. The van der Waals surface area contributed by atoms with E-state index in [2.05, 4.69) is 53.4 Å². The predicted molar refractivity (Wildman–Crippen MR) is 131 cm³/mol. The fourth-order valence-electron chi connectivity index (χ4n) is 4.01. The second-order valence-corrected chi connectivity index (χ2v) is 8.39. The van der Waals surface area contributed by atoms with Crippen LogP contribution < -0.4 is 9.47 Å². The highest BCUT2D eigenvalue weighted by atomic mass is 16.5. The zero-order valence-electron chi connectivity index (χ0n) is 19.2. The summed E-state index contributed by atoms with van der Waals surface area (Å²) in [6.07, 6.45) is 6.08. The molecule has 0 aliphatic carbocycles. The van der Waals surface area contributed by atoms with E-state index in [1.54, 1.807) is 12.1 Å². The van der Waals surface area contributed by atoms with E-state index >= 15 is 0 Å². The number of allylic oxidation sites excluding steroid dienone is 2. The predicted octanol–water partition coefficient (Wildman–Crippen LogP) is 6.09. The van der Waals surface area contributed by atoms with Gasteiger partial charge in [0.15, 0.2) is 0 Å². The van der Waals surface area contributed by atoms with Crippen LogP contribution in [0.1, 0.15) is 42.0 Å². The number of carbonyl (C=O) groups is 1. The molecular weight excluding hydrogens is 410 g/mol. The molecule has 0 aromatic heterocycles. The highest BCUT2D eigenvalue weighted by molar-refractivity contribution is 5.72. The number of rotatable bonds is 9. The van der Waals surface area contributed by atoms with Crippen LogP contribution in [0.2, 0.25) is 0 Å². The standard InChI is InChI=1S/C29H31NO3/c1-2-3-4-9-29(31)33-28-16-14-27(15-17-28)32-22-24-12-10-23(11-13-24)20-30-19-18-25-7-5-6-8-26(25)21-30/h2-3,5-8,10-17H,4,9,18-22H2,1H3. The molecule has 0 radical (unpaired) electrons. The number of fused-ring (bicyclic) bond motifs is 1. The minimum atomic E-state index is -0.226. The minimum absolute atomic E-state index is 0.226. The molecule has 170 valence electrons. The van der Waals surface area contributed by atoms with Gasteiger partial charge >= 0.3 is 5.97 Å². The Bertz CT molecular complexity index is 1070. The maximum atomic E-state index is 11.8. The third kappa shape index (κ3) is 6.80. The molecule has 1 aliphatic heterocycles. The number of esters is 1. The van der Waals surface area contributed by atoms with Crippen LogP contribution >= 0.6 is 0 Å². The highest BCUT2D eigenvalue weighted by Gasteiger charge is 2.15. The zero-order valence-corrected chi connectivity index (χ0v) is 19.2. The molecule has 3 aromatic rings. The molecule has 3 aromatic carbocycles. The summed E-state index contributed by atoms with van der Waals surface area (Å²) in [4.78, 5) is 14.3. The first-order valence-corrected chi connectivity index (χ1v) is 11.6. The van der Waals surface area contributed by atoms with Crippen molar-refractivity contribution in [2.75, 3.05) is 6.54 Å². The number of carbonyl (C=O) groups excluding carboxylic acids is 1. The second kappa shape index (κ2) is 11.5. The molecule has 33 heavy (non-hydrogen) atoms. The van der Waals surface area contributed by atoms with Gasteiger partial charge in [-0.25, -0.2) is 0 Å². The van der Waals surface area contributed by atoms with Crippen molar-refractivity contribution < 1.29 is 14.3 Å². The molecule has 0 saturated heterocycles. The van der Waals surface area contributed by atoms with Crippen LogP contribution in [0.4, 0.5) is 0 Å². The van der Waals surface area contributed by atoms with E-state index in [1.165, 1.54) is 16.7 Å². The highest BCUT2D eigenvalue weighted by Crippen LogP contribution is 2.22. The van der Waals surface area contributed by atoms with Crippen LogP contribution in [0.25, 0.3) is 0 Å². The Labute approximate surface area is 196 Å². The summed E-state index contributed by atoms with van der Waals surface area (Å²) in [5.41, 5.74) is 5.38. The van der Waals surface area contributed by atoms with Crippen molar-refractivity contribution in [3.8, 4) is 11.5 Å². The first-order chi connectivity index (χ1) is 16.2. The third-order valence-electron chi connectivity index (χ3n) is 5.85. The Morgan fingerprint density at radius 1 is 0.909 bits per heavy atom. The Morgan fingerprint density at radius 3 is 2.36 bits per heavy atom. The van der Waals surface area contributed by atoms with Crippen LogP contribution in [0.15, 0.2) is 84.9 Å². The van der Waals surface area contributed by atoms with Gasteiger partial charge in [-0.05, 0) is 66.3 Å². The van der Waals surface area contributed by atoms with Crippen molar-refractivity contribution in [3.05, 3.63) is 107 Å². The van der Waals surface area contributed by atoms with Gasteiger partial charge in [0.2, 0.25) is 0 Å². The molecule has 0 saturated carbocycles. The molecule has 0 fully saturated rings. The lowest BCUT2D eigenvalue weighted by molar-refractivity contribution is -0.134. The van der Waals surface area contributed by atoms with Crippen molar-refractivity contribution in [1.29, 1.82) is 0 Å². The van der Waals surface area contributed by atoms with Gasteiger partial charge in [0.1, 0.15) is 18.1 Å². The molecule has 0 amide bonds. The number of benzene rings is 3. The molecule has 1 heterocycles. The van der Waals surface area contributed by atoms with E-state index in [0.29, 0.717) is 25.2 Å². The summed E-state index contributed by atoms with van der Waals surface area (Å²) < 4.78 is 11.2. The summed E-state index contributed by atoms with van der Waals surface area (Å²) in [7, 11) is 0. The summed E-state index contributed by atoms with van der Waals surface area (Å²) >= 11 is 0. The van der Waals surface area contributed by atoms with Gasteiger partial charge in [-0.15, -0.1) is 0 Å². The van der Waals surface area contributed by atoms with E-state index < -0.39 is 0 Å². The molecule has 0 unspecified atom stereocenters. The SMILES string of the molecule is CC=CCCC(=O)Oc1ccc(OCc2ccc(CN3CCc4ccccc4C3)cc2)cc1. The maximum Gasteiger partial charge on any atom is 0.311 e. The second-order valence-electron chi connectivity index (χ2n) is 8.39. The molecule has 0 atom stereocenters. The monoisotopic (exact) mass is 441 g/mol. The van der Waals surface area contributed by atoms with Crippen molar-refractivity contribution >= 4 is 5.97 Å². The number of hydrogen-bond acceptors (Lipinski definition) is 4. The number of ether oxygens (including phenoxy) is 2. The minimum Gasteiger partial charge on any atom is -0.489 e. The van der Waals surface area contributed by atoms with E-state index in [-0.39, 0.29) is 5.97 Å². The smallest absolute Gasteiger partial charge is 0.311 e. The first-order valence-electron chi connectivity index (χ1n) is 11.6. The molecule has 1 aliphatic rings. The Hall–Kier alpha value is -3.37. The average molecular weight is 442 g/mol. The van der Waals surface area contributed by atoms with E-state index in [1.807, 2.05) is 31.2 Å². The zero-order chi connectivity index (χ0) is 22.9. The molecule has 4 nitrogen and oxygen atoms in total. The largest absolute Gasteiger partial charge is 0.489 e. The van der Waals surface area contributed by atoms with Crippen LogP contribution in [0.3, 0.4) is 0 Å². The van der Waals surface area contributed by atoms with Crippen LogP contribution in [0, 0.1) is 0 Å². The van der Waals surface area contributed by atoms with E-state index in [9.17, 15) is 4.79 Å². The van der Waals surface area contributed by atoms with Crippen molar-refractivity contribution in [2.24, 2.45) is 0 Å². The van der Waals surface area contributed by atoms with Crippen molar-refractivity contribution in [2.45, 2.75) is 45.9 Å². The van der Waals surface area contributed by atoms with Gasteiger partial charge in [0, 0.05) is 26.1 Å². The molecule has 4 heteroatoms. The van der Waals surface area contributed by atoms with E-state index in [4.69, 9.17) is 9.47 Å². The fourth-order valence-corrected chi connectivity index (χ4v) is 4.01. The normalized spacial score (nSPS) is 13.6. The van der Waals surface area contributed by atoms with Gasteiger partial charge in [-0.1, -0.05) is 60.7 Å². The maximum absolute atomic E-state index is 11.8. The lowest BCUT2D eigenvalue weighted by Crippen LogP contribution is -2.29. The molecular formula is C29H31NO3. The summed E-state index contributed by atoms with van der Waals surface area (Å²) in [5, 5.41) is 0. The van der Waals surface area contributed by atoms with Crippen molar-refractivity contribution in [3.63, 3.8) is 0 Å². The number of nitrogens with zero attached hydrogens (tertiary/aromatic N) is 1. The van der Waals surface area contributed by atoms with Gasteiger partial charge in [-0.2, -0.15) is 0 Å². The first kappa shape index (κ1) is 22.8. The third-order valence-corrected chi connectivity index (χ3v) is 5.85. The summed E-state index contributed by atoms with van der Waals surface area (Å²) in [5.74, 6) is 1.06. The van der Waals surface area contributed by atoms with Crippen molar-refractivity contribution in [1.82, 2.24) is 4.90 Å². The molecule has 4 rings (SSSR count). The summed E-state index contributed by atoms with van der Waals surface area (Å²) in [6, 6.07) is 24.6. The Balaban J connectivity index is 1.23. The van der Waals surface area contributed by atoms with Crippen LogP contribution in [-0.2, 0) is 30.9 Å². The van der Waals surface area contributed by atoms with Crippen LogP contribution in [0.5, 0.6) is 11.5 Å². The fraction of sp³-hybridized carbons (Fsp3) is 0.276. The van der Waals surface area contributed by atoms with Gasteiger partial charge in [0.25, 0.3) is 0 Å². The lowest BCUT2D eigenvalue weighted by Gasteiger charge is -2.28. The quantitative estimate of drug-likeness (QED) is 0.229. The van der Waals surface area contributed by atoms with E-state index in [0.717, 1.165) is 37.4 Å². The number of hydrogen-bond donors (Lipinski definition) is 0.